The number of benzene rings is 2. The number of nitrogens with zero attached hydrogens (tertiary/aromatic N) is 1. The molecule has 3 rings (SSSR count). The van der Waals surface area contributed by atoms with Crippen molar-refractivity contribution in [2.75, 3.05) is 18.4 Å². The smallest absolute Gasteiger partial charge is 0.243 e. The zero-order chi connectivity index (χ0) is 20.5. The number of aryl methyl sites for hydroxylation is 4. The molecular weight excluding hydrogens is 372 g/mol. The maximum Gasteiger partial charge on any atom is 0.243 e. The highest BCUT2D eigenvalue weighted by molar-refractivity contribution is 7.89. The minimum Gasteiger partial charge on any atom is -0.326 e. The van der Waals surface area contributed by atoms with E-state index in [-0.39, 0.29) is 11.8 Å². The van der Waals surface area contributed by atoms with Gasteiger partial charge in [-0.05, 0) is 87.1 Å². The summed E-state index contributed by atoms with van der Waals surface area (Å²) in [5.74, 6) is -0.208. The molecule has 1 N–H and O–H groups in total. The fourth-order valence-electron chi connectivity index (χ4n) is 3.67. The SMILES string of the molecule is Cc1cc(C)cc(NC(=O)C2CCN(S(=O)(=O)c3ccc(C)c(C)c3)CC2)c1. The second-order valence-electron chi connectivity index (χ2n) is 7.79. The lowest BCUT2D eigenvalue weighted by Gasteiger charge is -2.30. The number of amides is 1. The van der Waals surface area contributed by atoms with E-state index >= 15 is 0 Å². The molecule has 0 saturated carbocycles. The average Bonchev–Trinajstić information content (AvgIpc) is 2.63. The van der Waals surface area contributed by atoms with Gasteiger partial charge in [-0.2, -0.15) is 4.31 Å². The minimum absolute atomic E-state index is 0.0340. The molecule has 0 spiro atoms. The normalized spacial score (nSPS) is 16.1. The zero-order valence-electron chi connectivity index (χ0n) is 17.0. The monoisotopic (exact) mass is 400 g/mol. The van der Waals surface area contributed by atoms with Crippen LogP contribution >= 0.6 is 0 Å². The lowest BCUT2D eigenvalue weighted by molar-refractivity contribution is -0.120. The first kappa shape index (κ1) is 20.6. The summed E-state index contributed by atoms with van der Waals surface area (Å²) in [4.78, 5) is 12.9. The van der Waals surface area contributed by atoms with Crippen LogP contribution in [0.4, 0.5) is 5.69 Å². The maximum atomic E-state index is 12.9. The minimum atomic E-state index is -3.52. The quantitative estimate of drug-likeness (QED) is 0.845. The summed E-state index contributed by atoms with van der Waals surface area (Å²) in [6.45, 7) is 8.60. The summed E-state index contributed by atoms with van der Waals surface area (Å²) in [5.41, 5.74) is 5.03. The van der Waals surface area contributed by atoms with Gasteiger partial charge in [-0.1, -0.05) is 12.1 Å². The first-order valence-electron chi connectivity index (χ1n) is 9.63. The van der Waals surface area contributed by atoms with Crippen molar-refractivity contribution in [1.82, 2.24) is 4.31 Å². The Morgan fingerprint density at radius 2 is 1.54 bits per heavy atom. The number of hydrogen-bond donors (Lipinski definition) is 1. The number of anilines is 1. The molecule has 1 saturated heterocycles. The van der Waals surface area contributed by atoms with Gasteiger partial charge in [0.25, 0.3) is 0 Å². The van der Waals surface area contributed by atoms with Gasteiger partial charge in [0.1, 0.15) is 0 Å². The second-order valence-corrected chi connectivity index (χ2v) is 9.73. The van der Waals surface area contributed by atoms with Gasteiger partial charge in [0.15, 0.2) is 0 Å². The fraction of sp³-hybridized carbons (Fsp3) is 0.409. The van der Waals surface area contributed by atoms with Crippen LogP contribution in [-0.2, 0) is 14.8 Å². The van der Waals surface area contributed by atoms with Crippen LogP contribution in [-0.4, -0.2) is 31.7 Å². The van der Waals surface area contributed by atoms with E-state index < -0.39 is 10.0 Å². The van der Waals surface area contributed by atoms with E-state index in [9.17, 15) is 13.2 Å². The third kappa shape index (κ3) is 4.45. The average molecular weight is 401 g/mol. The van der Waals surface area contributed by atoms with Gasteiger partial charge in [-0.25, -0.2) is 8.42 Å². The largest absolute Gasteiger partial charge is 0.326 e. The van der Waals surface area contributed by atoms with Crippen molar-refractivity contribution in [3.63, 3.8) is 0 Å². The Balaban J connectivity index is 1.64. The number of carbonyl (C=O) groups excluding carboxylic acids is 1. The van der Waals surface area contributed by atoms with Gasteiger partial charge in [-0.3, -0.25) is 4.79 Å². The van der Waals surface area contributed by atoms with Crippen LogP contribution in [0.2, 0.25) is 0 Å². The Bertz CT molecular complexity index is 971. The molecule has 6 heteroatoms. The van der Waals surface area contributed by atoms with E-state index in [4.69, 9.17) is 0 Å². The molecule has 150 valence electrons. The Labute approximate surface area is 167 Å². The number of carbonyl (C=O) groups is 1. The van der Waals surface area contributed by atoms with E-state index in [0.29, 0.717) is 30.8 Å². The van der Waals surface area contributed by atoms with E-state index in [0.717, 1.165) is 27.9 Å². The van der Waals surface area contributed by atoms with Crippen molar-refractivity contribution in [2.45, 2.75) is 45.4 Å². The summed E-state index contributed by atoms with van der Waals surface area (Å²) in [7, 11) is -3.52. The van der Waals surface area contributed by atoms with Crippen LogP contribution in [0.25, 0.3) is 0 Å². The Hall–Kier alpha value is -2.18. The summed E-state index contributed by atoms with van der Waals surface area (Å²) >= 11 is 0. The van der Waals surface area contributed by atoms with Crippen LogP contribution in [0.15, 0.2) is 41.3 Å². The predicted molar refractivity (Wildman–Crippen MR) is 112 cm³/mol. The number of rotatable bonds is 4. The molecule has 1 fully saturated rings. The van der Waals surface area contributed by atoms with E-state index in [1.807, 2.05) is 45.9 Å². The van der Waals surface area contributed by atoms with Crippen molar-refractivity contribution < 1.29 is 13.2 Å². The van der Waals surface area contributed by atoms with Crippen LogP contribution < -0.4 is 5.32 Å². The lowest BCUT2D eigenvalue weighted by atomic mass is 9.97. The number of hydrogen-bond acceptors (Lipinski definition) is 3. The molecule has 0 atom stereocenters. The van der Waals surface area contributed by atoms with Crippen LogP contribution in [0.3, 0.4) is 0 Å². The van der Waals surface area contributed by atoms with Gasteiger partial charge in [0, 0.05) is 24.7 Å². The lowest BCUT2D eigenvalue weighted by Crippen LogP contribution is -2.41. The van der Waals surface area contributed by atoms with Gasteiger partial charge in [0.2, 0.25) is 15.9 Å². The van der Waals surface area contributed by atoms with Gasteiger partial charge >= 0.3 is 0 Å². The number of nitrogens with one attached hydrogen (secondary N) is 1. The van der Waals surface area contributed by atoms with Gasteiger partial charge in [0.05, 0.1) is 4.90 Å². The van der Waals surface area contributed by atoms with Gasteiger partial charge in [-0.15, -0.1) is 0 Å². The van der Waals surface area contributed by atoms with Crippen molar-refractivity contribution in [2.24, 2.45) is 5.92 Å². The highest BCUT2D eigenvalue weighted by Crippen LogP contribution is 2.26. The molecule has 2 aromatic carbocycles. The highest BCUT2D eigenvalue weighted by atomic mass is 32.2. The van der Waals surface area contributed by atoms with Crippen LogP contribution in [0.1, 0.15) is 35.1 Å². The molecular formula is C22H28N2O3S. The second kappa shape index (κ2) is 8.05. The van der Waals surface area contributed by atoms with Crippen molar-refractivity contribution in [3.8, 4) is 0 Å². The van der Waals surface area contributed by atoms with Crippen molar-refractivity contribution >= 4 is 21.6 Å². The summed E-state index contributed by atoms with van der Waals surface area (Å²) in [6.07, 6.45) is 1.06. The molecule has 1 heterocycles. The summed E-state index contributed by atoms with van der Waals surface area (Å²) in [6, 6.07) is 11.2. The standard InChI is InChI=1S/C22H28N2O3S/c1-15-11-16(2)13-20(12-15)23-22(25)19-7-9-24(10-8-19)28(26,27)21-6-5-17(3)18(4)14-21/h5-6,11-14,19H,7-10H2,1-4H3,(H,23,25). The fourth-order valence-corrected chi connectivity index (χ4v) is 5.23. The number of piperidine rings is 1. The van der Waals surface area contributed by atoms with E-state index in [2.05, 4.69) is 11.4 Å². The Kier molecular flexibility index (Phi) is 5.91. The topological polar surface area (TPSA) is 66.5 Å². The van der Waals surface area contributed by atoms with E-state index in [1.165, 1.54) is 4.31 Å². The van der Waals surface area contributed by atoms with E-state index in [1.54, 1.807) is 12.1 Å². The Morgan fingerprint density at radius 1 is 0.929 bits per heavy atom. The predicted octanol–water partition coefficient (Wildman–Crippen LogP) is 3.96. The molecule has 1 aliphatic heterocycles. The maximum absolute atomic E-state index is 12.9. The first-order valence-corrected chi connectivity index (χ1v) is 11.1. The zero-order valence-corrected chi connectivity index (χ0v) is 17.8. The number of sulfonamides is 1. The molecule has 0 aromatic heterocycles. The third-order valence-corrected chi connectivity index (χ3v) is 7.32. The molecule has 0 radical (unpaired) electrons. The highest BCUT2D eigenvalue weighted by Gasteiger charge is 2.32. The summed E-state index contributed by atoms with van der Waals surface area (Å²) < 4.78 is 27.3. The van der Waals surface area contributed by atoms with Gasteiger partial charge < -0.3 is 5.32 Å². The molecule has 5 nitrogen and oxygen atoms in total. The molecule has 28 heavy (non-hydrogen) atoms. The first-order chi connectivity index (χ1) is 13.2. The molecule has 2 aromatic rings. The Morgan fingerprint density at radius 3 is 2.11 bits per heavy atom. The molecule has 0 bridgehead atoms. The van der Waals surface area contributed by atoms with Crippen molar-refractivity contribution in [1.29, 1.82) is 0 Å². The van der Waals surface area contributed by atoms with Crippen molar-refractivity contribution in [3.05, 3.63) is 58.7 Å². The molecule has 1 aliphatic rings. The van der Waals surface area contributed by atoms with Crippen LogP contribution in [0.5, 0.6) is 0 Å². The van der Waals surface area contributed by atoms with Crippen LogP contribution in [0, 0.1) is 33.6 Å². The molecule has 0 unspecified atom stereocenters. The third-order valence-electron chi connectivity index (χ3n) is 5.43. The molecule has 1 amide bonds. The summed E-state index contributed by atoms with van der Waals surface area (Å²) in [5, 5.41) is 2.99. The molecule has 0 aliphatic carbocycles.